The molecule has 0 saturated carbocycles. The van der Waals surface area contributed by atoms with Gasteiger partial charge in [0.2, 0.25) is 0 Å². The number of halogens is 1. The van der Waals surface area contributed by atoms with E-state index in [2.05, 4.69) is 68.6 Å². The average Bonchev–Trinajstić information content (AvgIpc) is 3.59. The molecule has 2 aliphatic rings. The first-order valence-corrected chi connectivity index (χ1v) is 15.2. The largest absolute Gasteiger partial charge is 0.391 e. The Kier molecular flexibility index (Phi) is 8.43. The van der Waals surface area contributed by atoms with Crippen LogP contribution in [0.1, 0.15) is 31.4 Å². The van der Waals surface area contributed by atoms with Crippen LogP contribution in [0.25, 0.3) is 33.5 Å². The summed E-state index contributed by atoms with van der Waals surface area (Å²) in [6.45, 7) is 11.9. The third-order valence-corrected chi connectivity index (χ3v) is 8.64. The number of fused-ring (bicyclic) bond motifs is 1. The highest BCUT2D eigenvalue weighted by molar-refractivity contribution is 5.97. The quantitative estimate of drug-likeness (QED) is 0.243. The first-order valence-electron chi connectivity index (χ1n) is 15.2. The molecule has 0 aliphatic carbocycles. The highest BCUT2D eigenvalue weighted by Gasteiger charge is 2.34. The van der Waals surface area contributed by atoms with Crippen molar-refractivity contribution in [3.05, 3.63) is 65.7 Å². The molecule has 9 nitrogen and oxygen atoms in total. The monoisotopic (exact) mass is 585 g/mol. The summed E-state index contributed by atoms with van der Waals surface area (Å²) in [6, 6.07) is 13.0. The SMILES string of the molecule is Cc1c(NC(=O)N2C[C@@H](CC(C)C)[C@H](O)C2)cc(F)cc1-c1ncnc2[nH]c(-c3ccc(CN4CCNCC4)cc3)cc12. The second-order valence-corrected chi connectivity index (χ2v) is 12.3. The van der Waals surface area contributed by atoms with Crippen LogP contribution in [-0.2, 0) is 6.54 Å². The summed E-state index contributed by atoms with van der Waals surface area (Å²) in [6.07, 6.45) is 1.76. The molecule has 10 heteroatoms. The number of nitrogens with one attached hydrogen (secondary N) is 3. The number of hydrogen-bond donors (Lipinski definition) is 4. The number of carbonyl (C=O) groups is 1. The maximum Gasteiger partial charge on any atom is 0.321 e. The number of amides is 2. The summed E-state index contributed by atoms with van der Waals surface area (Å²) in [5, 5.41) is 17.5. The number of rotatable bonds is 7. The van der Waals surface area contributed by atoms with E-state index < -0.39 is 11.9 Å². The van der Waals surface area contributed by atoms with Crippen LogP contribution in [0, 0.1) is 24.6 Å². The van der Waals surface area contributed by atoms with Crippen molar-refractivity contribution in [1.82, 2.24) is 30.1 Å². The van der Waals surface area contributed by atoms with Gasteiger partial charge in [0.25, 0.3) is 0 Å². The van der Waals surface area contributed by atoms with Crippen LogP contribution in [0.15, 0.2) is 48.8 Å². The number of nitrogens with zero attached hydrogens (tertiary/aromatic N) is 4. The van der Waals surface area contributed by atoms with Gasteiger partial charge in [0, 0.05) is 74.1 Å². The van der Waals surface area contributed by atoms with E-state index in [9.17, 15) is 9.90 Å². The minimum atomic E-state index is -0.558. The number of piperazine rings is 1. The lowest BCUT2D eigenvalue weighted by Crippen LogP contribution is -2.42. The van der Waals surface area contributed by atoms with Gasteiger partial charge in [-0.15, -0.1) is 0 Å². The first kappa shape index (κ1) is 29.2. The minimum absolute atomic E-state index is 0.0374. The van der Waals surface area contributed by atoms with Gasteiger partial charge in [-0.2, -0.15) is 0 Å². The number of anilines is 1. The van der Waals surface area contributed by atoms with E-state index >= 15 is 4.39 Å². The van der Waals surface area contributed by atoms with Gasteiger partial charge in [0.05, 0.1) is 11.8 Å². The zero-order chi connectivity index (χ0) is 30.1. The van der Waals surface area contributed by atoms with Crippen molar-refractivity contribution in [3.63, 3.8) is 0 Å². The van der Waals surface area contributed by atoms with Gasteiger partial charge in [0.1, 0.15) is 17.8 Å². The predicted molar refractivity (Wildman–Crippen MR) is 167 cm³/mol. The maximum atomic E-state index is 15.0. The molecule has 6 rings (SSSR count). The lowest BCUT2D eigenvalue weighted by Gasteiger charge is -2.27. The van der Waals surface area contributed by atoms with Crippen molar-refractivity contribution < 1.29 is 14.3 Å². The zero-order valence-electron chi connectivity index (χ0n) is 25.0. The number of aliphatic hydroxyl groups is 1. The first-order chi connectivity index (χ1) is 20.7. The molecule has 43 heavy (non-hydrogen) atoms. The van der Waals surface area contributed by atoms with Crippen molar-refractivity contribution >= 4 is 22.8 Å². The summed E-state index contributed by atoms with van der Waals surface area (Å²) in [4.78, 5) is 29.6. The van der Waals surface area contributed by atoms with E-state index in [4.69, 9.17) is 0 Å². The Hall–Kier alpha value is -3.86. The van der Waals surface area contributed by atoms with E-state index in [0.29, 0.717) is 40.6 Å². The van der Waals surface area contributed by atoms with Crippen LogP contribution in [0.3, 0.4) is 0 Å². The molecule has 2 aliphatic heterocycles. The normalized spacial score (nSPS) is 19.4. The topological polar surface area (TPSA) is 109 Å². The fourth-order valence-electron chi connectivity index (χ4n) is 6.33. The lowest BCUT2D eigenvalue weighted by molar-refractivity contribution is 0.132. The summed E-state index contributed by atoms with van der Waals surface area (Å²) < 4.78 is 15.0. The Morgan fingerprint density at radius 3 is 2.63 bits per heavy atom. The van der Waals surface area contributed by atoms with Crippen molar-refractivity contribution in [3.8, 4) is 22.5 Å². The highest BCUT2D eigenvalue weighted by atomic mass is 19.1. The maximum absolute atomic E-state index is 15.0. The summed E-state index contributed by atoms with van der Waals surface area (Å²) in [7, 11) is 0. The molecular weight excluding hydrogens is 545 g/mol. The number of aromatic amines is 1. The smallest absolute Gasteiger partial charge is 0.321 e. The van der Waals surface area contributed by atoms with Crippen molar-refractivity contribution in [2.75, 3.05) is 44.6 Å². The number of hydrogen-bond acceptors (Lipinski definition) is 6. The van der Waals surface area contributed by atoms with Crippen LogP contribution >= 0.6 is 0 Å². The summed E-state index contributed by atoms with van der Waals surface area (Å²) in [5.41, 5.74) is 6.10. The Morgan fingerprint density at radius 2 is 1.88 bits per heavy atom. The molecule has 0 radical (unpaired) electrons. The number of aliphatic hydroxyl groups excluding tert-OH is 1. The summed E-state index contributed by atoms with van der Waals surface area (Å²) >= 11 is 0. The van der Waals surface area contributed by atoms with Gasteiger partial charge in [-0.1, -0.05) is 38.1 Å². The molecular formula is C33H40FN7O2. The third kappa shape index (κ3) is 6.41. The number of benzene rings is 2. The Labute approximate surface area is 251 Å². The number of aromatic nitrogens is 3. The standard InChI is InChI=1S/C33H40FN7O2/c1-20(2)12-24-17-41(18-30(24)42)33(43)39-28-14-25(34)13-26(21(28)3)31-27-15-29(38-32(27)37-19-36-31)23-6-4-22(5-7-23)16-40-10-8-35-9-11-40/h4-7,13-15,19-20,24,30,35,42H,8-12,16-18H2,1-3H3,(H,39,43)(H,36,37,38)/t24-,30-/m1/s1. The lowest BCUT2D eigenvalue weighted by atomic mass is 9.95. The van der Waals surface area contributed by atoms with Crippen molar-refractivity contribution in [2.45, 2.75) is 39.8 Å². The Bertz CT molecular complexity index is 1600. The molecule has 2 atom stereocenters. The van der Waals surface area contributed by atoms with Crippen molar-refractivity contribution in [2.24, 2.45) is 11.8 Å². The van der Waals surface area contributed by atoms with Crippen LogP contribution in [-0.4, -0.2) is 81.3 Å². The van der Waals surface area contributed by atoms with Gasteiger partial charge in [0.15, 0.2) is 0 Å². The van der Waals surface area contributed by atoms with Gasteiger partial charge >= 0.3 is 6.03 Å². The predicted octanol–water partition coefficient (Wildman–Crippen LogP) is 5.02. The Balaban J connectivity index is 1.24. The molecule has 4 N–H and O–H groups in total. The molecule has 0 bridgehead atoms. The Morgan fingerprint density at radius 1 is 1.12 bits per heavy atom. The number of carbonyl (C=O) groups excluding carboxylic acids is 1. The van der Waals surface area contributed by atoms with Gasteiger partial charge in [-0.25, -0.2) is 19.2 Å². The molecule has 0 spiro atoms. The molecule has 2 amide bonds. The number of H-pyrrole nitrogens is 1. The number of likely N-dealkylation sites (tertiary alicyclic amines) is 1. The number of urea groups is 1. The molecule has 4 aromatic rings. The fourth-order valence-corrected chi connectivity index (χ4v) is 6.33. The van der Waals surface area contributed by atoms with Crippen LogP contribution < -0.4 is 10.6 Å². The second kappa shape index (κ2) is 12.4. The molecule has 226 valence electrons. The fraction of sp³-hybridized carbons (Fsp3) is 0.424. The van der Waals surface area contributed by atoms with Gasteiger partial charge < -0.3 is 25.6 Å². The molecule has 2 aromatic heterocycles. The zero-order valence-corrected chi connectivity index (χ0v) is 25.0. The number of β-amino-alcohol motifs (C(OH)–C–C–N with tert-alkyl or cyclic N) is 1. The highest BCUT2D eigenvalue weighted by Crippen LogP contribution is 2.35. The van der Waals surface area contributed by atoms with Crippen LogP contribution in [0.5, 0.6) is 0 Å². The molecule has 2 aromatic carbocycles. The molecule has 0 unspecified atom stereocenters. The second-order valence-electron chi connectivity index (χ2n) is 12.3. The molecule has 4 heterocycles. The van der Waals surface area contributed by atoms with Crippen LogP contribution in [0.4, 0.5) is 14.9 Å². The van der Waals surface area contributed by atoms with Gasteiger partial charge in [-0.05, 0) is 54.2 Å². The summed E-state index contributed by atoms with van der Waals surface area (Å²) in [5.74, 6) is -0.0100. The van der Waals surface area contributed by atoms with E-state index in [1.54, 1.807) is 4.90 Å². The van der Waals surface area contributed by atoms with E-state index in [-0.39, 0.29) is 18.5 Å². The minimum Gasteiger partial charge on any atom is -0.391 e. The third-order valence-electron chi connectivity index (χ3n) is 8.64. The molecule has 2 fully saturated rings. The van der Waals surface area contributed by atoms with Crippen molar-refractivity contribution in [1.29, 1.82) is 0 Å². The van der Waals surface area contributed by atoms with Crippen LogP contribution in [0.2, 0.25) is 0 Å². The molecule has 2 saturated heterocycles. The van der Waals surface area contributed by atoms with E-state index in [1.807, 2.05) is 13.0 Å². The van der Waals surface area contributed by atoms with E-state index in [1.165, 1.54) is 24.0 Å². The average molecular weight is 586 g/mol. The van der Waals surface area contributed by atoms with Gasteiger partial charge in [-0.3, -0.25) is 4.90 Å². The van der Waals surface area contributed by atoms with E-state index in [0.717, 1.165) is 55.8 Å².